The lowest BCUT2D eigenvalue weighted by molar-refractivity contribution is -0.0689. The second-order valence-corrected chi connectivity index (χ2v) is 7.53. The van der Waals surface area contributed by atoms with Gasteiger partial charge in [-0.15, -0.1) is 11.3 Å². The van der Waals surface area contributed by atoms with Crippen LogP contribution in [0.25, 0.3) is 5.57 Å². The van der Waals surface area contributed by atoms with Gasteiger partial charge in [-0.25, -0.2) is 4.79 Å². The third kappa shape index (κ3) is 4.85. The molecule has 1 heterocycles. The largest absolute Gasteiger partial charge is 0.465 e. The van der Waals surface area contributed by atoms with E-state index >= 15 is 0 Å². The molecule has 0 fully saturated rings. The molecule has 0 bridgehead atoms. The number of alkyl halides is 3. The first-order valence-electron chi connectivity index (χ1n) is 7.12. The molecule has 0 aliphatic rings. The lowest BCUT2D eigenvalue weighted by Gasteiger charge is -2.13. The van der Waals surface area contributed by atoms with E-state index in [0.29, 0.717) is 11.6 Å². The smallest absolute Gasteiger partial charge is 0.417 e. The molecular weight excluding hydrogens is 448 g/mol. The van der Waals surface area contributed by atoms with Gasteiger partial charge in [0, 0.05) is 0 Å². The van der Waals surface area contributed by atoms with Crippen molar-refractivity contribution in [3.8, 4) is 0 Å². The molecule has 144 valence electrons. The molecule has 2 aromatic rings. The van der Waals surface area contributed by atoms with Crippen molar-refractivity contribution in [1.82, 2.24) is 0 Å². The summed E-state index contributed by atoms with van der Waals surface area (Å²) in [6.07, 6.45) is -4.42. The van der Waals surface area contributed by atoms with Crippen LogP contribution in [0.1, 0.15) is 30.5 Å². The second kappa shape index (κ2) is 8.22. The molecule has 0 spiro atoms. The first kappa shape index (κ1) is 21.8. The number of hydrogen-bond acceptors (Lipinski definition) is 4. The maximum Gasteiger partial charge on any atom is 0.417 e. The zero-order valence-corrected chi connectivity index (χ0v) is 16.8. The van der Waals surface area contributed by atoms with Crippen LogP contribution in [0.4, 0.5) is 13.2 Å². The maximum absolute atomic E-state index is 13.5. The van der Waals surface area contributed by atoms with Crippen LogP contribution in [0.3, 0.4) is 0 Å². The SMILES string of the molecule is COC(=O)c1sc(C(=O)/C=C(/c2cc(Cl)c(Cl)c(Cl)c2)C(F)(F)F)cc1C. The van der Waals surface area contributed by atoms with Crippen LogP contribution < -0.4 is 0 Å². The van der Waals surface area contributed by atoms with Gasteiger partial charge in [-0.1, -0.05) is 34.8 Å². The molecule has 10 heteroatoms. The van der Waals surface area contributed by atoms with Crippen LogP contribution in [0.2, 0.25) is 15.1 Å². The standard InChI is InChI=1S/C17H10Cl3F3O3S/c1-7-3-13(27-15(7)16(25)26-2)12(24)6-9(17(21,22)23)8-4-10(18)14(20)11(19)5-8/h3-6H,1-2H3/b9-6-. The fourth-order valence-corrected chi connectivity index (χ4v) is 3.74. The van der Waals surface area contributed by atoms with Gasteiger partial charge >= 0.3 is 12.1 Å². The van der Waals surface area contributed by atoms with E-state index < -0.39 is 29.1 Å². The van der Waals surface area contributed by atoms with Crippen LogP contribution in [0, 0.1) is 6.92 Å². The lowest BCUT2D eigenvalue weighted by atomic mass is 10.0. The van der Waals surface area contributed by atoms with Crippen molar-refractivity contribution in [2.45, 2.75) is 13.1 Å². The van der Waals surface area contributed by atoms with E-state index in [4.69, 9.17) is 34.8 Å². The van der Waals surface area contributed by atoms with Crippen molar-refractivity contribution in [3.05, 3.63) is 60.2 Å². The number of aryl methyl sites for hydroxylation is 1. The molecule has 1 aromatic carbocycles. The summed E-state index contributed by atoms with van der Waals surface area (Å²) < 4.78 is 45.1. The first-order chi connectivity index (χ1) is 12.5. The van der Waals surface area contributed by atoms with Gasteiger partial charge in [0.05, 0.1) is 32.6 Å². The predicted molar refractivity (Wildman–Crippen MR) is 100 cm³/mol. The average molecular weight is 458 g/mol. The summed E-state index contributed by atoms with van der Waals surface area (Å²) in [5, 5.41) is -0.449. The molecule has 0 amide bonds. The lowest BCUT2D eigenvalue weighted by Crippen LogP contribution is -2.12. The number of hydrogen-bond donors (Lipinski definition) is 0. The molecule has 0 unspecified atom stereocenters. The van der Waals surface area contributed by atoms with Crippen molar-refractivity contribution < 1.29 is 27.5 Å². The molecule has 2 rings (SSSR count). The van der Waals surface area contributed by atoms with Gasteiger partial charge < -0.3 is 4.74 Å². The number of ether oxygens (including phenoxy) is 1. The fraction of sp³-hybridized carbons (Fsp3) is 0.176. The first-order valence-corrected chi connectivity index (χ1v) is 9.07. The molecule has 0 radical (unpaired) electrons. The Labute approximate surface area is 171 Å². The van der Waals surface area contributed by atoms with E-state index in [1.165, 1.54) is 13.2 Å². The molecule has 0 aliphatic carbocycles. The average Bonchev–Trinajstić information content (AvgIpc) is 2.97. The Morgan fingerprint density at radius 1 is 1.11 bits per heavy atom. The Hall–Kier alpha value is -1.54. The summed E-state index contributed by atoms with van der Waals surface area (Å²) in [5.41, 5.74) is -1.22. The van der Waals surface area contributed by atoms with Gasteiger partial charge in [0.1, 0.15) is 4.88 Å². The fourth-order valence-electron chi connectivity index (χ4n) is 2.14. The van der Waals surface area contributed by atoms with E-state index in [1.54, 1.807) is 6.92 Å². The van der Waals surface area contributed by atoms with Crippen molar-refractivity contribution >= 4 is 63.5 Å². The number of thiophene rings is 1. The molecule has 0 N–H and O–H groups in total. The van der Waals surface area contributed by atoms with Crippen molar-refractivity contribution in [2.75, 3.05) is 7.11 Å². The van der Waals surface area contributed by atoms with E-state index in [1.807, 2.05) is 0 Å². The zero-order valence-electron chi connectivity index (χ0n) is 13.7. The topological polar surface area (TPSA) is 43.4 Å². The summed E-state index contributed by atoms with van der Waals surface area (Å²) in [4.78, 5) is 24.1. The second-order valence-electron chi connectivity index (χ2n) is 5.29. The highest BCUT2D eigenvalue weighted by Crippen LogP contribution is 2.39. The molecular formula is C17H10Cl3F3O3S. The molecule has 1 aromatic heterocycles. The molecule has 3 nitrogen and oxygen atoms in total. The van der Waals surface area contributed by atoms with E-state index in [-0.39, 0.29) is 24.8 Å². The Morgan fingerprint density at radius 2 is 1.67 bits per heavy atom. The summed E-state index contributed by atoms with van der Waals surface area (Å²) in [6.45, 7) is 1.55. The summed E-state index contributed by atoms with van der Waals surface area (Å²) in [6, 6.07) is 3.27. The van der Waals surface area contributed by atoms with E-state index in [0.717, 1.165) is 23.5 Å². The number of rotatable bonds is 4. The van der Waals surface area contributed by atoms with Gasteiger partial charge in [0.2, 0.25) is 0 Å². The molecule has 0 saturated heterocycles. The zero-order chi connectivity index (χ0) is 20.5. The Balaban J connectivity index is 2.54. The maximum atomic E-state index is 13.5. The predicted octanol–water partition coefficient (Wildman–Crippen LogP) is 6.63. The van der Waals surface area contributed by atoms with Gasteiger partial charge in [-0.2, -0.15) is 13.2 Å². The van der Waals surface area contributed by atoms with Crippen molar-refractivity contribution in [2.24, 2.45) is 0 Å². The van der Waals surface area contributed by atoms with Crippen molar-refractivity contribution in [1.29, 1.82) is 0 Å². The van der Waals surface area contributed by atoms with Gasteiger partial charge in [-0.3, -0.25) is 4.79 Å². The minimum atomic E-state index is -4.85. The number of halogens is 6. The van der Waals surface area contributed by atoms with Crippen molar-refractivity contribution in [3.63, 3.8) is 0 Å². The summed E-state index contributed by atoms with van der Waals surface area (Å²) in [5.74, 6) is -1.60. The molecule has 0 atom stereocenters. The summed E-state index contributed by atoms with van der Waals surface area (Å²) in [7, 11) is 1.17. The highest BCUT2D eigenvalue weighted by molar-refractivity contribution is 7.16. The van der Waals surface area contributed by atoms with Gasteiger partial charge in [-0.05, 0) is 42.3 Å². The van der Waals surface area contributed by atoms with Crippen LogP contribution in [-0.2, 0) is 4.74 Å². The number of esters is 1. The van der Waals surface area contributed by atoms with Gasteiger partial charge in [0.15, 0.2) is 5.78 Å². The van der Waals surface area contributed by atoms with Gasteiger partial charge in [0.25, 0.3) is 0 Å². The minimum absolute atomic E-state index is 0.0409. The van der Waals surface area contributed by atoms with E-state index in [2.05, 4.69) is 4.74 Å². The monoisotopic (exact) mass is 456 g/mol. The Bertz CT molecular complexity index is 926. The molecule has 0 saturated carbocycles. The number of allylic oxidation sites excluding steroid dienone is 2. The van der Waals surface area contributed by atoms with Crippen LogP contribution in [0.5, 0.6) is 0 Å². The number of carbonyl (C=O) groups excluding carboxylic acids is 2. The van der Waals surface area contributed by atoms with E-state index in [9.17, 15) is 22.8 Å². The third-order valence-electron chi connectivity index (χ3n) is 3.41. The Kier molecular flexibility index (Phi) is 6.63. The highest BCUT2D eigenvalue weighted by atomic mass is 35.5. The highest BCUT2D eigenvalue weighted by Gasteiger charge is 2.36. The van der Waals surface area contributed by atoms with Crippen LogP contribution in [-0.4, -0.2) is 25.0 Å². The molecule has 27 heavy (non-hydrogen) atoms. The van der Waals surface area contributed by atoms with Crippen LogP contribution in [0.15, 0.2) is 24.3 Å². The normalized spacial score (nSPS) is 12.2. The molecule has 0 aliphatic heterocycles. The minimum Gasteiger partial charge on any atom is -0.465 e. The number of carbonyl (C=O) groups is 2. The number of methoxy groups -OCH3 is 1. The number of ketones is 1. The summed E-state index contributed by atoms with van der Waals surface area (Å²) >= 11 is 18.1. The quantitative estimate of drug-likeness (QED) is 0.224. The Morgan fingerprint density at radius 3 is 2.15 bits per heavy atom. The number of benzene rings is 1. The van der Waals surface area contributed by atoms with Crippen LogP contribution >= 0.6 is 46.1 Å². The third-order valence-corrected chi connectivity index (χ3v) is 5.84.